The molecule has 1 aliphatic heterocycles. The van der Waals surface area contributed by atoms with Gasteiger partial charge >= 0.3 is 6.18 Å². The van der Waals surface area contributed by atoms with Crippen molar-refractivity contribution in [1.29, 1.82) is 0 Å². The molecule has 2 aromatic rings. The Hall–Kier alpha value is -2.89. The lowest BCUT2D eigenvalue weighted by atomic mass is 10.0. The second-order valence-electron chi connectivity index (χ2n) is 6.87. The maximum absolute atomic E-state index is 13.4. The number of carbonyl (C=O) groups excluding carboxylic acids is 1. The van der Waals surface area contributed by atoms with E-state index >= 15 is 0 Å². The van der Waals surface area contributed by atoms with Crippen LogP contribution in [0.1, 0.15) is 16.1 Å². The number of alkyl halides is 3. The van der Waals surface area contributed by atoms with E-state index in [-0.39, 0.29) is 29.9 Å². The summed E-state index contributed by atoms with van der Waals surface area (Å²) in [5.74, 6) is -0.730. The molecular formula is C20H21F3N2O6. The van der Waals surface area contributed by atoms with Crippen LogP contribution in [0.25, 0.3) is 11.1 Å². The first kappa shape index (κ1) is 22.8. The number of rotatable bonds is 7. The number of amides is 1. The minimum Gasteiger partial charge on any atom is -0.491 e. The highest BCUT2D eigenvalue weighted by atomic mass is 19.4. The standard InChI is InChI=1S/C20H21F3N2O6/c1-28-7-13-8-29-9-14(31-13)10-30-12-4-2-11(3-5-12)15-6-16(18(24)26)19(27)25-17(15)20(21,22)23/h2-6,13-14H,7-10H2,1H3,(H2,24,26)(H,25,27)/t13-,14-/m1/s1. The van der Waals surface area contributed by atoms with Gasteiger partial charge in [0.25, 0.3) is 11.5 Å². The van der Waals surface area contributed by atoms with E-state index in [4.69, 9.17) is 24.7 Å². The van der Waals surface area contributed by atoms with Gasteiger partial charge in [-0.15, -0.1) is 0 Å². The lowest BCUT2D eigenvalue weighted by Crippen LogP contribution is -2.41. The zero-order valence-electron chi connectivity index (χ0n) is 16.5. The highest BCUT2D eigenvalue weighted by molar-refractivity contribution is 5.93. The van der Waals surface area contributed by atoms with E-state index in [1.165, 1.54) is 24.3 Å². The quantitative estimate of drug-likeness (QED) is 0.678. The van der Waals surface area contributed by atoms with Crippen molar-refractivity contribution in [3.63, 3.8) is 0 Å². The van der Waals surface area contributed by atoms with Crippen LogP contribution < -0.4 is 16.0 Å². The summed E-state index contributed by atoms with van der Waals surface area (Å²) in [5.41, 5.74) is 1.80. The minimum absolute atomic E-state index is 0.121. The zero-order valence-corrected chi connectivity index (χ0v) is 16.5. The number of nitrogens with one attached hydrogen (secondary N) is 1. The van der Waals surface area contributed by atoms with Gasteiger partial charge in [0.05, 0.1) is 19.8 Å². The number of nitrogens with two attached hydrogens (primary N) is 1. The topological polar surface area (TPSA) is 113 Å². The molecule has 0 radical (unpaired) electrons. The largest absolute Gasteiger partial charge is 0.491 e. The maximum atomic E-state index is 13.4. The molecule has 0 spiro atoms. The molecule has 31 heavy (non-hydrogen) atoms. The fourth-order valence-corrected chi connectivity index (χ4v) is 3.13. The molecule has 8 nitrogen and oxygen atoms in total. The molecule has 2 atom stereocenters. The molecule has 1 saturated heterocycles. The van der Waals surface area contributed by atoms with E-state index in [9.17, 15) is 22.8 Å². The van der Waals surface area contributed by atoms with Crippen LogP contribution in [-0.2, 0) is 20.4 Å². The number of benzene rings is 1. The van der Waals surface area contributed by atoms with E-state index in [2.05, 4.69) is 0 Å². The summed E-state index contributed by atoms with van der Waals surface area (Å²) in [6, 6.07) is 6.55. The normalized spacial score (nSPS) is 19.2. The average molecular weight is 442 g/mol. The van der Waals surface area contributed by atoms with Gasteiger partial charge < -0.3 is 29.7 Å². The van der Waals surface area contributed by atoms with E-state index in [1.54, 1.807) is 12.1 Å². The van der Waals surface area contributed by atoms with Gasteiger partial charge in [0, 0.05) is 12.7 Å². The molecule has 1 amide bonds. The number of ether oxygens (including phenoxy) is 4. The summed E-state index contributed by atoms with van der Waals surface area (Å²) in [7, 11) is 1.56. The van der Waals surface area contributed by atoms with Crippen LogP contribution in [0, 0.1) is 0 Å². The fraction of sp³-hybridized carbons (Fsp3) is 0.400. The summed E-state index contributed by atoms with van der Waals surface area (Å²) in [6.07, 6.45) is -5.35. The van der Waals surface area contributed by atoms with E-state index in [0.29, 0.717) is 25.6 Å². The van der Waals surface area contributed by atoms with Gasteiger partial charge in [0.1, 0.15) is 35.8 Å². The third kappa shape index (κ3) is 5.63. The number of aromatic amines is 1. The Morgan fingerprint density at radius 2 is 1.84 bits per heavy atom. The van der Waals surface area contributed by atoms with Crippen LogP contribution >= 0.6 is 0 Å². The zero-order chi connectivity index (χ0) is 22.6. The summed E-state index contributed by atoms with van der Waals surface area (Å²) >= 11 is 0. The average Bonchev–Trinajstić information content (AvgIpc) is 2.72. The molecule has 1 aromatic carbocycles. The van der Waals surface area contributed by atoms with Crippen molar-refractivity contribution in [2.45, 2.75) is 18.4 Å². The molecule has 168 valence electrons. The van der Waals surface area contributed by atoms with Crippen LogP contribution in [0.2, 0.25) is 0 Å². The van der Waals surface area contributed by atoms with Crippen molar-refractivity contribution < 1.29 is 36.9 Å². The first-order valence-corrected chi connectivity index (χ1v) is 9.28. The van der Waals surface area contributed by atoms with Gasteiger partial charge in [-0.05, 0) is 23.8 Å². The van der Waals surface area contributed by atoms with Crippen LogP contribution in [0.3, 0.4) is 0 Å². The number of aromatic nitrogens is 1. The molecule has 11 heteroatoms. The van der Waals surface area contributed by atoms with Gasteiger partial charge in [0.2, 0.25) is 0 Å². The maximum Gasteiger partial charge on any atom is 0.431 e. The number of primary amides is 1. The van der Waals surface area contributed by atoms with Gasteiger partial charge in [-0.1, -0.05) is 12.1 Å². The molecule has 2 heterocycles. The van der Waals surface area contributed by atoms with Crippen LogP contribution in [0.4, 0.5) is 13.2 Å². The number of hydrogen-bond acceptors (Lipinski definition) is 6. The molecule has 1 aliphatic rings. The smallest absolute Gasteiger partial charge is 0.431 e. The molecule has 1 fully saturated rings. The molecule has 3 rings (SSSR count). The Morgan fingerprint density at radius 1 is 1.19 bits per heavy atom. The Balaban J connectivity index is 1.77. The Bertz CT molecular complexity index is 972. The third-order valence-electron chi connectivity index (χ3n) is 4.54. The summed E-state index contributed by atoms with van der Waals surface area (Å²) in [6.45, 7) is 1.34. The molecule has 0 saturated carbocycles. The van der Waals surface area contributed by atoms with Gasteiger partial charge in [-0.2, -0.15) is 13.2 Å². The van der Waals surface area contributed by atoms with E-state index in [1.807, 2.05) is 0 Å². The predicted octanol–water partition coefficient (Wildman–Crippen LogP) is 1.97. The number of carbonyl (C=O) groups is 1. The number of methoxy groups -OCH3 is 1. The summed E-state index contributed by atoms with van der Waals surface area (Å²) in [5, 5.41) is 0. The van der Waals surface area contributed by atoms with Crippen molar-refractivity contribution >= 4 is 5.91 Å². The number of hydrogen-bond donors (Lipinski definition) is 2. The highest BCUT2D eigenvalue weighted by Gasteiger charge is 2.36. The molecule has 1 aromatic heterocycles. The van der Waals surface area contributed by atoms with Crippen molar-refractivity contribution in [3.8, 4) is 16.9 Å². The second-order valence-corrected chi connectivity index (χ2v) is 6.87. The first-order chi connectivity index (χ1) is 14.7. The van der Waals surface area contributed by atoms with Crippen LogP contribution in [-0.4, -0.2) is 56.6 Å². The molecule has 0 unspecified atom stereocenters. The Morgan fingerprint density at radius 3 is 2.42 bits per heavy atom. The molecular weight excluding hydrogens is 421 g/mol. The third-order valence-corrected chi connectivity index (χ3v) is 4.54. The summed E-state index contributed by atoms with van der Waals surface area (Å²) in [4.78, 5) is 24.9. The van der Waals surface area contributed by atoms with Gasteiger partial charge in [-0.3, -0.25) is 9.59 Å². The van der Waals surface area contributed by atoms with Crippen molar-refractivity contribution in [1.82, 2.24) is 4.98 Å². The molecule has 0 bridgehead atoms. The van der Waals surface area contributed by atoms with Crippen LogP contribution in [0.15, 0.2) is 35.1 Å². The van der Waals surface area contributed by atoms with E-state index < -0.39 is 28.9 Å². The predicted molar refractivity (Wildman–Crippen MR) is 103 cm³/mol. The Labute approximate surface area is 175 Å². The SMILES string of the molecule is COC[C@@H]1COC[C@H](COc2ccc(-c3cc(C(N)=O)c(=O)[nH]c3C(F)(F)F)cc2)O1. The molecule has 0 aliphatic carbocycles. The number of H-pyrrole nitrogens is 1. The monoisotopic (exact) mass is 442 g/mol. The molecule has 3 N–H and O–H groups in total. The van der Waals surface area contributed by atoms with Crippen molar-refractivity contribution in [2.75, 3.05) is 33.5 Å². The highest BCUT2D eigenvalue weighted by Crippen LogP contribution is 2.35. The lowest BCUT2D eigenvalue weighted by Gasteiger charge is -2.29. The van der Waals surface area contributed by atoms with Crippen LogP contribution in [0.5, 0.6) is 5.75 Å². The Kier molecular flexibility index (Phi) is 6.98. The fourth-order valence-electron chi connectivity index (χ4n) is 3.13. The minimum atomic E-state index is -4.84. The van der Waals surface area contributed by atoms with Gasteiger partial charge in [0.15, 0.2) is 0 Å². The van der Waals surface area contributed by atoms with Crippen molar-refractivity contribution in [2.24, 2.45) is 5.73 Å². The first-order valence-electron chi connectivity index (χ1n) is 9.28. The lowest BCUT2D eigenvalue weighted by molar-refractivity contribution is -0.162. The van der Waals surface area contributed by atoms with E-state index in [0.717, 1.165) is 6.07 Å². The van der Waals surface area contributed by atoms with Crippen molar-refractivity contribution in [3.05, 3.63) is 51.9 Å². The summed E-state index contributed by atoms with van der Waals surface area (Å²) < 4.78 is 62.1. The second kappa shape index (κ2) is 9.50. The number of pyridine rings is 1. The number of halogens is 3. The van der Waals surface area contributed by atoms with Gasteiger partial charge in [-0.25, -0.2) is 0 Å².